The lowest BCUT2D eigenvalue weighted by atomic mass is 10.0. The summed E-state index contributed by atoms with van der Waals surface area (Å²) in [4.78, 5) is 19.4. The number of nitrogens with one attached hydrogen (secondary N) is 1. The van der Waals surface area contributed by atoms with Gasteiger partial charge in [0.1, 0.15) is 5.82 Å². The van der Waals surface area contributed by atoms with Crippen molar-refractivity contribution in [3.8, 4) is 5.88 Å². The van der Waals surface area contributed by atoms with Gasteiger partial charge in [0, 0.05) is 6.04 Å². The molecule has 1 aromatic heterocycles. The highest BCUT2D eigenvalue weighted by atomic mass is 16.5. The number of carbonyl (C=O) groups is 1. The van der Waals surface area contributed by atoms with Gasteiger partial charge >= 0.3 is 5.97 Å². The van der Waals surface area contributed by atoms with E-state index in [1.165, 1.54) is 0 Å². The zero-order valence-electron chi connectivity index (χ0n) is 11.2. The van der Waals surface area contributed by atoms with Gasteiger partial charge in [-0.15, -0.1) is 0 Å². The standard InChI is InChI=1S/C13H19N3O3/c1-8(2)19-12-7-14-6-11(16-12)15-10-5-3-4-9(10)13(17)18/h6-10H,3-5H2,1-2H3,(H,15,16)(H,17,18). The van der Waals surface area contributed by atoms with Crippen molar-refractivity contribution in [2.24, 2.45) is 5.92 Å². The van der Waals surface area contributed by atoms with Gasteiger partial charge in [0.25, 0.3) is 0 Å². The Morgan fingerprint density at radius 1 is 1.47 bits per heavy atom. The summed E-state index contributed by atoms with van der Waals surface area (Å²) in [6.07, 6.45) is 5.64. The predicted molar refractivity (Wildman–Crippen MR) is 70.2 cm³/mol. The summed E-state index contributed by atoms with van der Waals surface area (Å²) < 4.78 is 5.46. The van der Waals surface area contributed by atoms with Crippen molar-refractivity contribution in [3.05, 3.63) is 12.4 Å². The Labute approximate surface area is 112 Å². The average Bonchev–Trinajstić information content (AvgIpc) is 2.76. The van der Waals surface area contributed by atoms with Crippen molar-refractivity contribution in [3.63, 3.8) is 0 Å². The molecule has 1 heterocycles. The molecular weight excluding hydrogens is 246 g/mol. The Morgan fingerprint density at radius 3 is 2.95 bits per heavy atom. The molecule has 1 saturated carbocycles. The van der Waals surface area contributed by atoms with Gasteiger partial charge in [-0.05, 0) is 26.7 Å². The largest absolute Gasteiger partial charge is 0.481 e. The van der Waals surface area contributed by atoms with E-state index < -0.39 is 5.97 Å². The van der Waals surface area contributed by atoms with Crippen LogP contribution >= 0.6 is 0 Å². The maximum Gasteiger partial charge on any atom is 0.308 e. The van der Waals surface area contributed by atoms with Crippen molar-refractivity contribution in [2.75, 3.05) is 5.32 Å². The van der Waals surface area contributed by atoms with Crippen LogP contribution < -0.4 is 10.1 Å². The fraction of sp³-hybridized carbons (Fsp3) is 0.615. The van der Waals surface area contributed by atoms with Crippen molar-refractivity contribution >= 4 is 11.8 Å². The van der Waals surface area contributed by atoms with Crippen LogP contribution in [0.25, 0.3) is 0 Å². The lowest BCUT2D eigenvalue weighted by molar-refractivity contribution is -0.141. The van der Waals surface area contributed by atoms with Crippen LogP contribution in [0.3, 0.4) is 0 Å². The molecule has 1 aliphatic carbocycles. The molecule has 0 spiro atoms. The maximum atomic E-state index is 11.1. The Balaban J connectivity index is 2.04. The van der Waals surface area contributed by atoms with Crippen LogP contribution in [0.4, 0.5) is 5.82 Å². The molecule has 2 atom stereocenters. The van der Waals surface area contributed by atoms with Crippen LogP contribution in [0.1, 0.15) is 33.1 Å². The lowest BCUT2D eigenvalue weighted by Crippen LogP contribution is -2.30. The molecule has 0 bridgehead atoms. The smallest absolute Gasteiger partial charge is 0.308 e. The zero-order chi connectivity index (χ0) is 13.8. The SMILES string of the molecule is CC(C)Oc1cncc(NC2CCCC2C(=O)O)n1. The van der Waals surface area contributed by atoms with E-state index >= 15 is 0 Å². The fourth-order valence-corrected chi connectivity index (χ4v) is 2.33. The first kappa shape index (κ1) is 13.6. The second-order valence-electron chi connectivity index (χ2n) is 5.04. The van der Waals surface area contributed by atoms with E-state index in [4.69, 9.17) is 9.84 Å². The Hall–Kier alpha value is -1.85. The minimum atomic E-state index is -0.752. The molecule has 0 radical (unpaired) electrons. The zero-order valence-corrected chi connectivity index (χ0v) is 11.2. The van der Waals surface area contributed by atoms with Crippen molar-refractivity contribution < 1.29 is 14.6 Å². The molecule has 1 aromatic rings. The first-order valence-electron chi connectivity index (χ1n) is 6.54. The molecule has 0 aliphatic heterocycles. The highest BCUT2D eigenvalue weighted by Gasteiger charge is 2.33. The summed E-state index contributed by atoms with van der Waals surface area (Å²) in [6.45, 7) is 3.83. The molecule has 0 amide bonds. The maximum absolute atomic E-state index is 11.1. The number of hydrogen-bond donors (Lipinski definition) is 2. The van der Waals surface area contributed by atoms with Crippen molar-refractivity contribution in [1.29, 1.82) is 0 Å². The Morgan fingerprint density at radius 2 is 2.26 bits per heavy atom. The van der Waals surface area contributed by atoms with E-state index in [1.807, 2.05) is 13.8 Å². The average molecular weight is 265 g/mol. The minimum absolute atomic E-state index is 0.0304. The van der Waals surface area contributed by atoms with Crippen LogP contribution in [0.5, 0.6) is 5.88 Å². The third-order valence-electron chi connectivity index (χ3n) is 3.14. The molecular formula is C13H19N3O3. The van der Waals surface area contributed by atoms with Gasteiger partial charge in [-0.1, -0.05) is 6.42 Å². The summed E-state index contributed by atoms with van der Waals surface area (Å²) >= 11 is 0. The number of aromatic nitrogens is 2. The number of carboxylic acid groups (broad SMARTS) is 1. The molecule has 0 saturated heterocycles. The van der Waals surface area contributed by atoms with Gasteiger partial charge < -0.3 is 15.2 Å². The third kappa shape index (κ3) is 3.56. The van der Waals surface area contributed by atoms with E-state index in [0.29, 0.717) is 18.1 Å². The molecule has 19 heavy (non-hydrogen) atoms. The van der Waals surface area contributed by atoms with Gasteiger partial charge in [-0.2, -0.15) is 4.98 Å². The minimum Gasteiger partial charge on any atom is -0.481 e. The van der Waals surface area contributed by atoms with Gasteiger partial charge in [0.15, 0.2) is 0 Å². The van der Waals surface area contributed by atoms with Crippen LogP contribution in [-0.2, 0) is 4.79 Å². The van der Waals surface area contributed by atoms with Gasteiger partial charge in [0.05, 0.1) is 24.4 Å². The molecule has 104 valence electrons. The van der Waals surface area contributed by atoms with Crippen molar-refractivity contribution in [1.82, 2.24) is 9.97 Å². The number of ether oxygens (including phenoxy) is 1. The highest BCUT2D eigenvalue weighted by molar-refractivity contribution is 5.72. The van der Waals surface area contributed by atoms with E-state index in [1.54, 1.807) is 12.4 Å². The van der Waals surface area contributed by atoms with Gasteiger partial charge in [0.2, 0.25) is 5.88 Å². The Bertz CT molecular complexity index is 451. The van der Waals surface area contributed by atoms with Crippen LogP contribution in [0.15, 0.2) is 12.4 Å². The summed E-state index contributed by atoms with van der Waals surface area (Å²) in [5, 5.41) is 12.3. The number of nitrogens with zero attached hydrogens (tertiary/aromatic N) is 2. The monoisotopic (exact) mass is 265 g/mol. The topological polar surface area (TPSA) is 84.3 Å². The van der Waals surface area contributed by atoms with E-state index in [2.05, 4.69) is 15.3 Å². The summed E-state index contributed by atoms with van der Waals surface area (Å²) in [7, 11) is 0. The lowest BCUT2D eigenvalue weighted by Gasteiger charge is -2.18. The molecule has 2 N–H and O–H groups in total. The summed E-state index contributed by atoms with van der Waals surface area (Å²) in [5.74, 6) is -0.0878. The molecule has 2 rings (SSSR count). The van der Waals surface area contributed by atoms with E-state index in [-0.39, 0.29) is 18.1 Å². The van der Waals surface area contributed by atoms with E-state index in [0.717, 1.165) is 12.8 Å². The Kier molecular flexibility index (Phi) is 4.19. The second kappa shape index (κ2) is 5.86. The highest BCUT2D eigenvalue weighted by Crippen LogP contribution is 2.28. The number of anilines is 1. The molecule has 6 nitrogen and oxygen atoms in total. The second-order valence-corrected chi connectivity index (χ2v) is 5.04. The predicted octanol–water partition coefficient (Wildman–Crippen LogP) is 1.93. The van der Waals surface area contributed by atoms with Crippen LogP contribution in [-0.4, -0.2) is 33.2 Å². The van der Waals surface area contributed by atoms with Crippen molar-refractivity contribution in [2.45, 2.75) is 45.3 Å². The normalized spacial score (nSPS) is 22.5. The summed E-state index contributed by atoms with van der Waals surface area (Å²) in [6, 6.07) is -0.0823. The first-order valence-corrected chi connectivity index (χ1v) is 6.54. The van der Waals surface area contributed by atoms with Gasteiger partial charge in [-0.25, -0.2) is 0 Å². The third-order valence-corrected chi connectivity index (χ3v) is 3.14. The van der Waals surface area contributed by atoms with Gasteiger partial charge in [-0.3, -0.25) is 9.78 Å². The number of carboxylic acids is 1. The number of hydrogen-bond acceptors (Lipinski definition) is 5. The quantitative estimate of drug-likeness (QED) is 0.846. The molecule has 1 aliphatic rings. The first-order chi connectivity index (χ1) is 9.06. The molecule has 2 unspecified atom stereocenters. The van der Waals surface area contributed by atoms with Crippen LogP contribution in [0, 0.1) is 5.92 Å². The molecule has 6 heteroatoms. The number of aliphatic carboxylic acids is 1. The molecule has 1 fully saturated rings. The van der Waals surface area contributed by atoms with E-state index in [9.17, 15) is 4.79 Å². The van der Waals surface area contributed by atoms with Crippen LogP contribution in [0.2, 0.25) is 0 Å². The number of rotatable bonds is 5. The fourth-order valence-electron chi connectivity index (χ4n) is 2.33. The summed E-state index contributed by atoms with van der Waals surface area (Å²) in [5.41, 5.74) is 0. The molecule has 0 aromatic carbocycles.